The summed E-state index contributed by atoms with van der Waals surface area (Å²) in [6, 6.07) is 2.24. The van der Waals surface area contributed by atoms with E-state index in [1.54, 1.807) is 11.9 Å². The van der Waals surface area contributed by atoms with Crippen molar-refractivity contribution in [2.24, 2.45) is 0 Å². The molecule has 1 amide bonds. The number of carbonyl (C=O) groups excluding carboxylic acids is 1. The van der Waals surface area contributed by atoms with Crippen LogP contribution in [0.4, 0.5) is 0 Å². The summed E-state index contributed by atoms with van der Waals surface area (Å²) in [5.41, 5.74) is 0. The van der Waals surface area contributed by atoms with E-state index in [-0.39, 0.29) is 11.9 Å². The summed E-state index contributed by atoms with van der Waals surface area (Å²) in [4.78, 5) is 12.5. The van der Waals surface area contributed by atoms with E-state index in [2.05, 4.69) is 6.07 Å². The predicted molar refractivity (Wildman–Crippen MR) is 36.0 cm³/mol. The highest BCUT2D eigenvalue weighted by Gasteiger charge is 2.26. The van der Waals surface area contributed by atoms with Crippen molar-refractivity contribution in [3.63, 3.8) is 0 Å². The van der Waals surface area contributed by atoms with Gasteiger partial charge >= 0.3 is 0 Å². The van der Waals surface area contributed by atoms with E-state index in [1.807, 2.05) is 0 Å². The molecular formula is C7H10N2O. The SMILES string of the molecule is CN1C(=O)CCC1CC#N. The zero-order chi connectivity index (χ0) is 7.56. The quantitative estimate of drug-likeness (QED) is 0.530. The second-order valence-corrected chi connectivity index (χ2v) is 2.56. The van der Waals surface area contributed by atoms with Gasteiger partial charge in [0.2, 0.25) is 5.91 Å². The van der Waals surface area contributed by atoms with Crippen LogP contribution >= 0.6 is 0 Å². The van der Waals surface area contributed by atoms with Crippen molar-refractivity contribution >= 4 is 5.91 Å². The molecule has 0 N–H and O–H groups in total. The average molecular weight is 138 g/mol. The van der Waals surface area contributed by atoms with E-state index in [0.717, 1.165) is 6.42 Å². The molecule has 0 spiro atoms. The summed E-state index contributed by atoms with van der Waals surface area (Å²) in [7, 11) is 1.76. The van der Waals surface area contributed by atoms with Crippen LogP contribution in [0.5, 0.6) is 0 Å². The fourth-order valence-electron chi connectivity index (χ4n) is 1.21. The second kappa shape index (κ2) is 2.70. The summed E-state index contributed by atoms with van der Waals surface area (Å²) < 4.78 is 0. The number of amides is 1. The Bertz CT molecular complexity index is 183. The lowest BCUT2D eigenvalue weighted by Crippen LogP contribution is -2.27. The van der Waals surface area contributed by atoms with Crippen LogP contribution in [-0.2, 0) is 4.79 Å². The smallest absolute Gasteiger partial charge is 0.222 e. The number of carbonyl (C=O) groups is 1. The zero-order valence-corrected chi connectivity index (χ0v) is 6.00. The molecule has 1 rings (SSSR count). The minimum atomic E-state index is 0.167. The van der Waals surface area contributed by atoms with E-state index in [1.165, 1.54) is 0 Å². The van der Waals surface area contributed by atoms with Crippen LogP contribution in [0.2, 0.25) is 0 Å². The fourth-order valence-corrected chi connectivity index (χ4v) is 1.21. The lowest BCUT2D eigenvalue weighted by Gasteiger charge is -2.15. The molecule has 54 valence electrons. The van der Waals surface area contributed by atoms with Crippen molar-refractivity contribution in [1.82, 2.24) is 4.90 Å². The van der Waals surface area contributed by atoms with Crippen LogP contribution in [-0.4, -0.2) is 23.9 Å². The Labute approximate surface area is 60.2 Å². The van der Waals surface area contributed by atoms with Gasteiger partial charge in [0.15, 0.2) is 0 Å². The van der Waals surface area contributed by atoms with Crippen LogP contribution in [0, 0.1) is 11.3 Å². The average Bonchev–Trinajstić information content (AvgIpc) is 2.20. The Morgan fingerprint density at radius 2 is 2.60 bits per heavy atom. The minimum Gasteiger partial charge on any atom is -0.342 e. The zero-order valence-electron chi connectivity index (χ0n) is 6.00. The van der Waals surface area contributed by atoms with Crippen molar-refractivity contribution in [3.05, 3.63) is 0 Å². The summed E-state index contributed by atoms with van der Waals surface area (Å²) in [6.07, 6.45) is 1.94. The summed E-state index contributed by atoms with van der Waals surface area (Å²) in [6.45, 7) is 0. The van der Waals surface area contributed by atoms with Gasteiger partial charge in [-0.2, -0.15) is 5.26 Å². The van der Waals surface area contributed by atoms with Crippen LogP contribution in [0.25, 0.3) is 0 Å². The van der Waals surface area contributed by atoms with E-state index < -0.39 is 0 Å². The minimum absolute atomic E-state index is 0.167. The van der Waals surface area contributed by atoms with E-state index in [0.29, 0.717) is 12.8 Å². The van der Waals surface area contributed by atoms with E-state index in [9.17, 15) is 4.79 Å². The molecule has 1 aliphatic heterocycles. The Morgan fingerprint density at radius 1 is 1.90 bits per heavy atom. The standard InChI is InChI=1S/C7H10N2O/c1-9-6(4-5-8)2-3-7(9)10/h6H,2-4H2,1H3. The van der Waals surface area contributed by atoms with Crippen molar-refractivity contribution in [2.45, 2.75) is 25.3 Å². The molecule has 1 aliphatic rings. The van der Waals surface area contributed by atoms with Gasteiger partial charge in [-0.25, -0.2) is 0 Å². The lowest BCUT2D eigenvalue weighted by atomic mass is 10.2. The maximum atomic E-state index is 10.9. The van der Waals surface area contributed by atoms with Gasteiger partial charge in [-0.05, 0) is 6.42 Å². The number of rotatable bonds is 1. The molecule has 3 nitrogen and oxygen atoms in total. The molecule has 0 aliphatic carbocycles. The number of likely N-dealkylation sites (tertiary alicyclic amines) is 1. The molecular weight excluding hydrogens is 128 g/mol. The molecule has 0 aromatic carbocycles. The van der Waals surface area contributed by atoms with Gasteiger partial charge in [-0.3, -0.25) is 4.79 Å². The molecule has 0 radical (unpaired) electrons. The first-order valence-corrected chi connectivity index (χ1v) is 3.38. The number of hydrogen-bond donors (Lipinski definition) is 0. The summed E-state index contributed by atoms with van der Waals surface area (Å²) >= 11 is 0. The Morgan fingerprint density at radius 3 is 3.00 bits per heavy atom. The third kappa shape index (κ3) is 1.10. The molecule has 0 aromatic rings. The predicted octanol–water partition coefficient (Wildman–Crippen LogP) is 0.521. The normalized spacial score (nSPS) is 25.0. The van der Waals surface area contributed by atoms with Gasteiger partial charge in [-0.15, -0.1) is 0 Å². The summed E-state index contributed by atoms with van der Waals surface area (Å²) in [5, 5.41) is 8.34. The highest BCUT2D eigenvalue weighted by molar-refractivity contribution is 5.78. The van der Waals surface area contributed by atoms with Crippen LogP contribution in [0.1, 0.15) is 19.3 Å². The van der Waals surface area contributed by atoms with Crippen molar-refractivity contribution in [3.8, 4) is 6.07 Å². The van der Waals surface area contributed by atoms with Gasteiger partial charge in [0.25, 0.3) is 0 Å². The monoisotopic (exact) mass is 138 g/mol. The van der Waals surface area contributed by atoms with Crippen LogP contribution in [0.15, 0.2) is 0 Å². The van der Waals surface area contributed by atoms with Gasteiger partial charge in [0, 0.05) is 19.5 Å². The Hall–Kier alpha value is -1.04. The Balaban J connectivity index is 2.50. The highest BCUT2D eigenvalue weighted by atomic mass is 16.2. The molecule has 10 heavy (non-hydrogen) atoms. The molecule has 1 heterocycles. The second-order valence-electron chi connectivity index (χ2n) is 2.56. The van der Waals surface area contributed by atoms with Crippen LogP contribution < -0.4 is 0 Å². The summed E-state index contributed by atoms with van der Waals surface area (Å²) in [5.74, 6) is 0.167. The molecule has 3 heteroatoms. The van der Waals surface area contributed by atoms with Crippen molar-refractivity contribution < 1.29 is 4.79 Å². The van der Waals surface area contributed by atoms with Gasteiger partial charge < -0.3 is 4.90 Å². The Kier molecular flexibility index (Phi) is 1.91. The van der Waals surface area contributed by atoms with Gasteiger partial charge in [0.05, 0.1) is 12.5 Å². The molecule has 1 saturated heterocycles. The third-order valence-corrected chi connectivity index (χ3v) is 1.96. The highest BCUT2D eigenvalue weighted by Crippen LogP contribution is 2.18. The van der Waals surface area contributed by atoms with Gasteiger partial charge in [0.1, 0.15) is 0 Å². The molecule has 1 atom stereocenters. The largest absolute Gasteiger partial charge is 0.342 e. The van der Waals surface area contributed by atoms with Crippen molar-refractivity contribution in [2.75, 3.05) is 7.05 Å². The first kappa shape index (κ1) is 7.07. The molecule has 0 aromatic heterocycles. The third-order valence-electron chi connectivity index (χ3n) is 1.96. The molecule has 0 bridgehead atoms. The first-order chi connectivity index (χ1) is 4.75. The molecule has 0 saturated carbocycles. The number of nitriles is 1. The molecule has 1 unspecified atom stereocenters. The molecule has 1 fully saturated rings. The number of nitrogens with zero attached hydrogens (tertiary/aromatic N) is 2. The lowest BCUT2D eigenvalue weighted by molar-refractivity contribution is -0.127. The van der Waals surface area contributed by atoms with Crippen LogP contribution in [0.3, 0.4) is 0 Å². The van der Waals surface area contributed by atoms with Crippen molar-refractivity contribution in [1.29, 1.82) is 5.26 Å². The number of hydrogen-bond acceptors (Lipinski definition) is 2. The maximum Gasteiger partial charge on any atom is 0.222 e. The maximum absolute atomic E-state index is 10.9. The van der Waals surface area contributed by atoms with E-state index in [4.69, 9.17) is 5.26 Å². The van der Waals surface area contributed by atoms with Gasteiger partial charge in [-0.1, -0.05) is 0 Å². The van der Waals surface area contributed by atoms with E-state index >= 15 is 0 Å². The fraction of sp³-hybridized carbons (Fsp3) is 0.714. The topological polar surface area (TPSA) is 44.1 Å². The first-order valence-electron chi connectivity index (χ1n) is 3.38.